The van der Waals surface area contributed by atoms with Crippen LogP contribution in [0.1, 0.15) is 18.4 Å². The van der Waals surface area contributed by atoms with Crippen molar-refractivity contribution < 1.29 is 9.53 Å². The number of benzene rings is 1. The molecule has 0 N–H and O–H groups in total. The van der Waals surface area contributed by atoms with E-state index in [9.17, 15) is 4.79 Å². The fourth-order valence-corrected chi connectivity index (χ4v) is 2.52. The van der Waals surface area contributed by atoms with Gasteiger partial charge in [0.25, 0.3) is 0 Å². The minimum Gasteiger partial charge on any atom is -0.383 e. The molecule has 2 rings (SSSR count). The summed E-state index contributed by atoms with van der Waals surface area (Å²) < 4.78 is 6.29. The molecule has 1 aliphatic rings. The van der Waals surface area contributed by atoms with Gasteiger partial charge in [0.15, 0.2) is 0 Å². The number of hydrogen-bond donors (Lipinski definition) is 0. The zero-order valence-electron chi connectivity index (χ0n) is 10.6. The lowest BCUT2D eigenvalue weighted by Crippen LogP contribution is -2.34. The second-order valence-corrected chi connectivity index (χ2v) is 5.90. The first kappa shape index (κ1) is 13.8. The smallest absolute Gasteiger partial charge is 0.226 e. The molecule has 0 bridgehead atoms. The molecular weight excluding hydrogens is 341 g/mol. The number of halogens is 1. The fourth-order valence-electron chi connectivity index (χ4n) is 1.91. The van der Waals surface area contributed by atoms with Gasteiger partial charge >= 0.3 is 0 Å². The third-order valence-corrected chi connectivity index (χ3v) is 3.74. The molecule has 0 aromatic heterocycles. The van der Waals surface area contributed by atoms with E-state index in [-0.39, 0.29) is 11.8 Å². The van der Waals surface area contributed by atoms with E-state index in [0.29, 0.717) is 19.7 Å². The van der Waals surface area contributed by atoms with E-state index in [1.807, 2.05) is 11.0 Å². The Balaban J connectivity index is 2.01. The molecule has 1 fully saturated rings. The van der Waals surface area contributed by atoms with Crippen molar-refractivity contribution in [1.82, 2.24) is 4.90 Å². The highest BCUT2D eigenvalue weighted by Crippen LogP contribution is 2.31. The first-order valence-corrected chi connectivity index (χ1v) is 7.30. The van der Waals surface area contributed by atoms with Crippen molar-refractivity contribution in [1.29, 1.82) is 0 Å². The van der Waals surface area contributed by atoms with Gasteiger partial charge in [-0.1, -0.05) is 12.1 Å². The Labute approximate surface area is 122 Å². The van der Waals surface area contributed by atoms with Gasteiger partial charge < -0.3 is 9.64 Å². The SMILES string of the molecule is COCCN(Cc1cccc(I)c1)C(=O)C1CC1. The molecule has 1 aliphatic carbocycles. The molecule has 0 unspecified atom stereocenters. The van der Waals surface area contributed by atoms with Crippen LogP contribution in [0.5, 0.6) is 0 Å². The number of rotatable bonds is 6. The topological polar surface area (TPSA) is 29.5 Å². The zero-order valence-corrected chi connectivity index (χ0v) is 12.7. The van der Waals surface area contributed by atoms with Crippen molar-refractivity contribution in [2.45, 2.75) is 19.4 Å². The van der Waals surface area contributed by atoms with Gasteiger partial charge in [0.05, 0.1) is 6.61 Å². The number of methoxy groups -OCH3 is 1. The van der Waals surface area contributed by atoms with Crippen LogP contribution < -0.4 is 0 Å². The number of carbonyl (C=O) groups is 1. The van der Waals surface area contributed by atoms with Crippen LogP contribution in [0.3, 0.4) is 0 Å². The molecule has 0 aliphatic heterocycles. The lowest BCUT2D eigenvalue weighted by Gasteiger charge is -2.22. The molecule has 1 aromatic rings. The second kappa shape index (κ2) is 6.52. The monoisotopic (exact) mass is 359 g/mol. The van der Waals surface area contributed by atoms with E-state index >= 15 is 0 Å². The Kier molecular flexibility index (Phi) is 5.00. The van der Waals surface area contributed by atoms with Gasteiger partial charge in [-0.2, -0.15) is 0 Å². The van der Waals surface area contributed by atoms with E-state index in [0.717, 1.165) is 12.8 Å². The Morgan fingerprint density at radius 1 is 1.50 bits per heavy atom. The predicted molar refractivity (Wildman–Crippen MR) is 79.2 cm³/mol. The third kappa shape index (κ3) is 3.95. The van der Waals surface area contributed by atoms with Crippen LogP contribution in [0.15, 0.2) is 24.3 Å². The molecule has 1 amide bonds. The van der Waals surface area contributed by atoms with Crippen LogP contribution in [0.2, 0.25) is 0 Å². The molecule has 4 heteroatoms. The summed E-state index contributed by atoms with van der Waals surface area (Å²) in [7, 11) is 1.67. The van der Waals surface area contributed by atoms with Crippen molar-refractivity contribution in [2.75, 3.05) is 20.3 Å². The van der Waals surface area contributed by atoms with Crippen LogP contribution in [0, 0.1) is 9.49 Å². The summed E-state index contributed by atoms with van der Waals surface area (Å²) in [4.78, 5) is 14.1. The molecule has 98 valence electrons. The Morgan fingerprint density at radius 3 is 2.89 bits per heavy atom. The molecule has 0 heterocycles. The number of nitrogens with zero attached hydrogens (tertiary/aromatic N) is 1. The van der Waals surface area contributed by atoms with Crippen molar-refractivity contribution >= 4 is 28.5 Å². The number of hydrogen-bond acceptors (Lipinski definition) is 2. The van der Waals surface area contributed by atoms with Crippen LogP contribution in [-0.2, 0) is 16.1 Å². The Bertz CT molecular complexity index is 418. The summed E-state index contributed by atoms with van der Waals surface area (Å²) in [6.07, 6.45) is 2.10. The molecule has 0 atom stereocenters. The zero-order chi connectivity index (χ0) is 13.0. The molecule has 18 heavy (non-hydrogen) atoms. The average Bonchev–Trinajstić information content (AvgIpc) is 3.18. The van der Waals surface area contributed by atoms with Crippen molar-refractivity contribution in [3.63, 3.8) is 0 Å². The minimum atomic E-state index is 0.268. The summed E-state index contributed by atoms with van der Waals surface area (Å²) in [5.41, 5.74) is 1.19. The maximum Gasteiger partial charge on any atom is 0.226 e. The Hall–Kier alpha value is -0.620. The van der Waals surface area contributed by atoms with Gasteiger partial charge in [0.1, 0.15) is 0 Å². The van der Waals surface area contributed by atoms with Crippen molar-refractivity contribution in [3.05, 3.63) is 33.4 Å². The van der Waals surface area contributed by atoms with Gasteiger partial charge in [-0.25, -0.2) is 0 Å². The highest BCUT2D eigenvalue weighted by molar-refractivity contribution is 14.1. The summed E-state index contributed by atoms with van der Waals surface area (Å²) >= 11 is 2.30. The molecule has 0 radical (unpaired) electrons. The molecule has 0 spiro atoms. The van der Waals surface area contributed by atoms with Crippen LogP contribution in [0.4, 0.5) is 0 Å². The molecular formula is C14H18INO2. The molecule has 1 saturated carbocycles. The average molecular weight is 359 g/mol. The van der Waals surface area contributed by atoms with Crippen molar-refractivity contribution in [3.8, 4) is 0 Å². The largest absolute Gasteiger partial charge is 0.383 e. The van der Waals surface area contributed by atoms with E-state index in [1.165, 1.54) is 9.13 Å². The van der Waals surface area contributed by atoms with Gasteiger partial charge in [0, 0.05) is 29.7 Å². The van der Waals surface area contributed by atoms with Gasteiger partial charge in [-0.3, -0.25) is 4.79 Å². The molecule has 0 saturated heterocycles. The van der Waals surface area contributed by atoms with Crippen LogP contribution >= 0.6 is 22.6 Å². The predicted octanol–water partition coefficient (Wildman–Crippen LogP) is 2.68. The first-order chi connectivity index (χ1) is 8.70. The highest BCUT2D eigenvalue weighted by atomic mass is 127. The lowest BCUT2D eigenvalue weighted by molar-refractivity contribution is -0.133. The summed E-state index contributed by atoms with van der Waals surface area (Å²) in [6.45, 7) is 1.97. The molecule has 3 nitrogen and oxygen atoms in total. The lowest BCUT2D eigenvalue weighted by atomic mass is 10.2. The highest BCUT2D eigenvalue weighted by Gasteiger charge is 2.33. The number of ether oxygens (including phenoxy) is 1. The summed E-state index contributed by atoms with van der Waals surface area (Å²) in [5, 5.41) is 0. The maximum atomic E-state index is 12.2. The quantitative estimate of drug-likeness (QED) is 0.731. The summed E-state index contributed by atoms with van der Waals surface area (Å²) in [6, 6.07) is 8.29. The van der Waals surface area contributed by atoms with E-state index < -0.39 is 0 Å². The van der Waals surface area contributed by atoms with Crippen LogP contribution in [-0.4, -0.2) is 31.1 Å². The molecule has 1 aromatic carbocycles. The van der Waals surface area contributed by atoms with Crippen molar-refractivity contribution in [2.24, 2.45) is 5.92 Å². The number of amides is 1. The van der Waals surface area contributed by atoms with Gasteiger partial charge in [0.2, 0.25) is 5.91 Å². The third-order valence-electron chi connectivity index (χ3n) is 3.07. The van der Waals surface area contributed by atoms with Gasteiger partial charge in [-0.05, 0) is 53.1 Å². The second-order valence-electron chi connectivity index (χ2n) is 4.66. The van der Waals surface area contributed by atoms with Gasteiger partial charge in [-0.15, -0.1) is 0 Å². The maximum absolute atomic E-state index is 12.2. The first-order valence-electron chi connectivity index (χ1n) is 6.23. The fraction of sp³-hybridized carbons (Fsp3) is 0.500. The Morgan fingerprint density at radius 2 is 2.28 bits per heavy atom. The summed E-state index contributed by atoms with van der Waals surface area (Å²) in [5.74, 6) is 0.551. The standard InChI is InChI=1S/C14H18INO2/c1-18-8-7-16(14(17)12-5-6-12)10-11-3-2-4-13(15)9-11/h2-4,9,12H,5-8,10H2,1H3. The number of carbonyl (C=O) groups excluding carboxylic acids is 1. The minimum absolute atomic E-state index is 0.268. The normalized spacial score (nSPS) is 14.6. The van der Waals surface area contributed by atoms with Crippen LogP contribution in [0.25, 0.3) is 0 Å². The van der Waals surface area contributed by atoms with E-state index in [4.69, 9.17) is 4.74 Å². The van der Waals surface area contributed by atoms with E-state index in [1.54, 1.807) is 7.11 Å². The van der Waals surface area contributed by atoms with E-state index in [2.05, 4.69) is 40.8 Å².